The van der Waals surface area contributed by atoms with Crippen LogP contribution in [0.4, 0.5) is 5.69 Å². The van der Waals surface area contributed by atoms with E-state index in [9.17, 15) is 0 Å². The van der Waals surface area contributed by atoms with Crippen LogP contribution in [-0.4, -0.2) is 15.3 Å². The topological polar surface area (TPSA) is 73.1 Å². The Kier molecular flexibility index (Phi) is 3.91. The number of aromatic nitrogens is 2. The van der Waals surface area contributed by atoms with E-state index in [1.807, 2.05) is 6.07 Å². The first-order valence-corrected chi connectivity index (χ1v) is 5.76. The van der Waals surface area contributed by atoms with Gasteiger partial charge in [0.2, 0.25) is 5.88 Å². The molecule has 0 saturated heterocycles. The van der Waals surface area contributed by atoms with Gasteiger partial charge in [0.25, 0.3) is 0 Å². The summed E-state index contributed by atoms with van der Waals surface area (Å²) >= 11 is 10.4. The Morgan fingerprint density at radius 3 is 2.78 bits per heavy atom. The van der Waals surface area contributed by atoms with Crippen LogP contribution in [-0.2, 0) is 0 Å². The zero-order valence-electron chi connectivity index (χ0n) is 9.13. The molecule has 2 aromatic rings. The largest absolute Gasteiger partial charge is 0.437 e. The van der Waals surface area contributed by atoms with Gasteiger partial charge in [-0.25, -0.2) is 0 Å². The normalized spacial score (nSPS) is 9.83. The van der Waals surface area contributed by atoms with Crippen LogP contribution in [0.1, 0.15) is 0 Å². The average molecular weight is 281 g/mol. The first-order valence-electron chi connectivity index (χ1n) is 4.97. The number of benzene rings is 1. The number of thiocarbonyl (C=S) groups is 1. The fourth-order valence-electron chi connectivity index (χ4n) is 1.26. The third-order valence-electron chi connectivity index (χ3n) is 1.93. The number of nitrogens with zero attached hydrogens (tertiary/aromatic N) is 2. The second-order valence-corrected chi connectivity index (χ2v) is 4.14. The molecule has 0 bridgehead atoms. The van der Waals surface area contributed by atoms with Crippen molar-refractivity contribution in [2.45, 2.75) is 0 Å². The molecule has 1 heterocycles. The van der Waals surface area contributed by atoms with Crippen LogP contribution in [0, 0.1) is 0 Å². The fourth-order valence-corrected chi connectivity index (χ4v) is 1.48. The first kappa shape index (κ1) is 12.5. The highest BCUT2D eigenvalue weighted by Gasteiger charge is 2.01. The smallest absolute Gasteiger partial charge is 0.238 e. The Hall–Kier alpha value is -1.92. The number of rotatable bonds is 3. The van der Waals surface area contributed by atoms with Crippen LogP contribution in [0.15, 0.2) is 36.4 Å². The third-order valence-corrected chi connectivity index (χ3v) is 2.24. The van der Waals surface area contributed by atoms with Crippen molar-refractivity contribution in [1.29, 1.82) is 0 Å². The summed E-state index contributed by atoms with van der Waals surface area (Å²) in [4.78, 5) is 0. The number of anilines is 1. The standard InChI is InChI=1S/C11H9ClN4OS/c12-9-4-5-10(16-15-9)17-8-3-1-2-7(6-8)14-11(13)18/h1-6H,(H3,13,14,18). The van der Waals surface area contributed by atoms with Crippen molar-refractivity contribution in [3.63, 3.8) is 0 Å². The predicted molar refractivity (Wildman–Crippen MR) is 74.0 cm³/mol. The highest BCUT2D eigenvalue weighted by atomic mass is 35.5. The van der Waals surface area contributed by atoms with E-state index in [0.717, 1.165) is 5.69 Å². The molecule has 18 heavy (non-hydrogen) atoms. The molecule has 0 saturated carbocycles. The number of nitrogens with two attached hydrogens (primary N) is 1. The maximum Gasteiger partial charge on any atom is 0.238 e. The molecule has 0 aliphatic rings. The molecule has 1 aromatic heterocycles. The molecule has 0 radical (unpaired) electrons. The molecule has 0 aliphatic carbocycles. The van der Waals surface area contributed by atoms with Crippen LogP contribution in [0.3, 0.4) is 0 Å². The van der Waals surface area contributed by atoms with Crippen LogP contribution in [0.2, 0.25) is 5.15 Å². The summed E-state index contributed by atoms with van der Waals surface area (Å²) in [6.07, 6.45) is 0. The lowest BCUT2D eigenvalue weighted by atomic mass is 10.3. The second kappa shape index (κ2) is 5.61. The highest BCUT2D eigenvalue weighted by molar-refractivity contribution is 7.80. The zero-order valence-corrected chi connectivity index (χ0v) is 10.7. The minimum absolute atomic E-state index is 0.193. The van der Waals surface area contributed by atoms with E-state index in [4.69, 9.17) is 34.3 Å². The van der Waals surface area contributed by atoms with Gasteiger partial charge in [-0.1, -0.05) is 17.7 Å². The van der Waals surface area contributed by atoms with Crippen molar-refractivity contribution < 1.29 is 4.74 Å². The summed E-state index contributed by atoms with van der Waals surface area (Å²) in [5, 5.41) is 10.8. The Labute approximate surface area is 114 Å². The van der Waals surface area contributed by atoms with Crippen molar-refractivity contribution in [3.8, 4) is 11.6 Å². The number of ether oxygens (including phenoxy) is 1. The summed E-state index contributed by atoms with van der Waals surface area (Å²) in [7, 11) is 0. The first-order chi connectivity index (χ1) is 8.63. The SMILES string of the molecule is NC(=S)Nc1cccc(Oc2ccc(Cl)nn2)c1. The van der Waals surface area contributed by atoms with E-state index >= 15 is 0 Å². The van der Waals surface area contributed by atoms with Gasteiger partial charge in [-0.3, -0.25) is 0 Å². The zero-order chi connectivity index (χ0) is 13.0. The van der Waals surface area contributed by atoms with Gasteiger partial charge >= 0.3 is 0 Å². The molecule has 0 aliphatic heterocycles. The molecule has 5 nitrogen and oxygen atoms in total. The van der Waals surface area contributed by atoms with Crippen molar-refractivity contribution >= 4 is 34.6 Å². The lowest BCUT2D eigenvalue weighted by Gasteiger charge is -2.07. The number of halogens is 1. The highest BCUT2D eigenvalue weighted by Crippen LogP contribution is 2.22. The van der Waals surface area contributed by atoms with E-state index < -0.39 is 0 Å². The molecule has 2 rings (SSSR count). The monoisotopic (exact) mass is 280 g/mol. The van der Waals surface area contributed by atoms with Crippen molar-refractivity contribution in [1.82, 2.24) is 10.2 Å². The summed E-state index contributed by atoms with van der Waals surface area (Å²) in [6, 6.07) is 10.4. The molecule has 0 atom stereocenters. The Balaban J connectivity index is 2.13. The third kappa shape index (κ3) is 3.54. The van der Waals surface area contributed by atoms with E-state index in [0.29, 0.717) is 16.8 Å². The maximum absolute atomic E-state index is 5.63. The van der Waals surface area contributed by atoms with Gasteiger partial charge in [0.15, 0.2) is 10.3 Å². The van der Waals surface area contributed by atoms with Gasteiger partial charge in [0.05, 0.1) is 0 Å². The molecule has 0 fully saturated rings. The number of hydrogen-bond acceptors (Lipinski definition) is 4. The lowest BCUT2D eigenvalue weighted by molar-refractivity contribution is 0.455. The van der Waals surface area contributed by atoms with Crippen molar-refractivity contribution in [2.75, 3.05) is 5.32 Å². The van der Waals surface area contributed by atoms with E-state index in [-0.39, 0.29) is 5.11 Å². The summed E-state index contributed by atoms with van der Waals surface area (Å²) in [6.45, 7) is 0. The van der Waals surface area contributed by atoms with E-state index in [1.165, 1.54) is 0 Å². The number of hydrogen-bond donors (Lipinski definition) is 2. The average Bonchev–Trinajstić information content (AvgIpc) is 2.32. The fraction of sp³-hybridized carbons (Fsp3) is 0. The quantitative estimate of drug-likeness (QED) is 0.842. The van der Waals surface area contributed by atoms with Crippen molar-refractivity contribution in [2.24, 2.45) is 5.73 Å². The van der Waals surface area contributed by atoms with Crippen LogP contribution >= 0.6 is 23.8 Å². The van der Waals surface area contributed by atoms with Gasteiger partial charge < -0.3 is 15.8 Å². The molecule has 1 aromatic carbocycles. The van der Waals surface area contributed by atoms with Gasteiger partial charge in [0, 0.05) is 17.8 Å². The molecule has 0 amide bonds. The molecular formula is C11H9ClN4OS. The molecule has 0 unspecified atom stereocenters. The van der Waals surface area contributed by atoms with Crippen molar-refractivity contribution in [3.05, 3.63) is 41.6 Å². The van der Waals surface area contributed by atoms with Gasteiger partial charge in [0.1, 0.15) is 5.75 Å². The molecular weight excluding hydrogens is 272 g/mol. The Morgan fingerprint density at radius 2 is 2.11 bits per heavy atom. The van der Waals surface area contributed by atoms with Gasteiger partial charge in [-0.05, 0) is 30.4 Å². The number of nitrogens with one attached hydrogen (secondary N) is 1. The van der Waals surface area contributed by atoms with E-state index in [2.05, 4.69) is 15.5 Å². The lowest BCUT2D eigenvalue weighted by Crippen LogP contribution is -2.18. The Morgan fingerprint density at radius 1 is 1.28 bits per heavy atom. The van der Waals surface area contributed by atoms with Gasteiger partial charge in [-0.15, -0.1) is 10.2 Å². The molecule has 7 heteroatoms. The Bertz CT molecular complexity index is 561. The van der Waals surface area contributed by atoms with Gasteiger partial charge in [-0.2, -0.15) is 0 Å². The second-order valence-electron chi connectivity index (χ2n) is 3.31. The minimum atomic E-state index is 0.193. The minimum Gasteiger partial charge on any atom is -0.437 e. The summed E-state index contributed by atoms with van der Waals surface area (Å²) in [5.74, 6) is 0.944. The van der Waals surface area contributed by atoms with Crippen LogP contribution in [0.5, 0.6) is 11.6 Å². The van der Waals surface area contributed by atoms with Crippen LogP contribution in [0.25, 0.3) is 0 Å². The molecule has 0 spiro atoms. The maximum atomic E-state index is 5.63. The molecule has 92 valence electrons. The molecule has 3 N–H and O–H groups in total. The summed E-state index contributed by atoms with van der Waals surface area (Å²) in [5.41, 5.74) is 6.12. The predicted octanol–water partition coefficient (Wildman–Crippen LogP) is 2.58. The summed E-state index contributed by atoms with van der Waals surface area (Å²) < 4.78 is 5.50. The van der Waals surface area contributed by atoms with Crippen LogP contribution < -0.4 is 15.8 Å². The van der Waals surface area contributed by atoms with E-state index in [1.54, 1.807) is 30.3 Å².